The molecule has 0 amide bonds. The minimum absolute atomic E-state index is 0.922. The molecule has 0 atom stereocenters. The minimum atomic E-state index is 0.922. The van der Waals surface area contributed by atoms with E-state index in [4.69, 9.17) is 0 Å². The monoisotopic (exact) mass is 202 g/mol. The Kier molecular flexibility index (Phi) is 1.57. The average molecular weight is 202 g/mol. The highest BCUT2D eigenvalue weighted by molar-refractivity contribution is 7.20. The number of fused-ring (bicyclic) bond motifs is 1. The molecule has 14 heavy (non-hydrogen) atoms. The van der Waals surface area contributed by atoms with Crippen LogP contribution in [0.5, 0.6) is 0 Å². The van der Waals surface area contributed by atoms with Gasteiger partial charge in [-0.25, -0.2) is 9.97 Å². The highest BCUT2D eigenvalue weighted by Gasteiger charge is 2.03. The van der Waals surface area contributed by atoms with Gasteiger partial charge in [0.25, 0.3) is 0 Å². The third-order valence-electron chi connectivity index (χ3n) is 1.90. The van der Waals surface area contributed by atoms with Gasteiger partial charge in [-0.15, -0.1) is 0 Å². The van der Waals surface area contributed by atoms with Crippen LogP contribution in [0.1, 0.15) is 0 Å². The lowest BCUT2D eigenvalue weighted by Gasteiger charge is -1.90. The smallest absolute Gasteiger partial charge is 0.195 e. The summed E-state index contributed by atoms with van der Waals surface area (Å²) in [6, 6.07) is 1.97. The first kappa shape index (κ1) is 7.64. The predicted octanol–water partition coefficient (Wildman–Crippen LogP) is 1.88. The topological polar surface area (TPSA) is 43.6 Å². The van der Waals surface area contributed by atoms with Gasteiger partial charge in [-0.2, -0.15) is 0 Å². The molecule has 0 bridgehead atoms. The maximum Gasteiger partial charge on any atom is 0.195 e. The molecule has 0 aliphatic heterocycles. The zero-order chi connectivity index (χ0) is 9.38. The van der Waals surface area contributed by atoms with Crippen LogP contribution in [0, 0.1) is 0 Å². The maximum atomic E-state index is 4.43. The Morgan fingerprint density at radius 2 is 2.21 bits per heavy atom. The van der Waals surface area contributed by atoms with Crippen molar-refractivity contribution in [2.24, 2.45) is 0 Å². The zero-order valence-corrected chi connectivity index (χ0v) is 7.98. The van der Waals surface area contributed by atoms with Crippen molar-refractivity contribution in [3.8, 4) is 5.13 Å². The van der Waals surface area contributed by atoms with Gasteiger partial charge < -0.3 is 0 Å². The van der Waals surface area contributed by atoms with E-state index in [0.29, 0.717) is 0 Å². The molecule has 0 fully saturated rings. The molecular weight excluding hydrogens is 196 g/mol. The normalized spacial score (nSPS) is 10.9. The van der Waals surface area contributed by atoms with Crippen LogP contribution < -0.4 is 0 Å². The summed E-state index contributed by atoms with van der Waals surface area (Å²) in [5.74, 6) is 0. The van der Waals surface area contributed by atoms with Gasteiger partial charge in [-0.1, -0.05) is 11.3 Å². The fourth-order valence-electron chi connectivity index (χ4n) is 1.25. The molecule has 0 spiro atoms. The molecule has 68 valence electrons. The first-order valence-electron chi connectivity index (χ1n) is 4.12. The summed E-state index contributed by atoms with van der Waals surface area (Å²) in [5.41, 5.74) is 0.932. The van der Waals surface area contributed by atoms with Crippen LogP contribution in [-0.4, -0.2) is 19.5 Å². The van der Waals surface area contributed by atoms with E-state index in [9.17, 15) is 0 Å². The molecule has 0 aliphatic carbocycles. The molecule has 3 aromatic heterocycles. The summed E-state index contributed by atoms with van der Waals surface area (Å²) in [4.78, 5) is 12.4. The van der Waals surface area contributed by atoms with Crippen molar-refractivity contribution >= 4 is 21.6 Å². The summed E-state index contributed by atoms with van der Waals surface area (Å²) in [6.45, 7) is 0. The van der Waals surface area contributed by atoms with Crippen molar-refractivity contribution in [3.05, 3.63) is 37.2 Å². The van der Waals surface area contributed by atoms with E-state index < -0.39 is 0 Å². The van der Waals surface area contributed by atoms with Crippen LogP contribution in [0.3, 0.4) is 0 Å². The van der Waals surface area contributed by atoms with Gasteiger partial charge in [0.2, 0.25) is 0 Å². The number of aromatic nitrogens is 4. The van der Waals surface area contributed by atoms with Crippen LogP contribution in [-0.2, 0) is 0 Å². The molecule has 5 heteroatoms. The zero-order valence-electron chi connectivity index (χ0n) is 7.16. The van der Waals surface area contributed by atoms with Crippen LogP contribution in [0.25, 0.3) is 15.3 Å². The van der Waals surface area contributed by atoms with E-state index in [1.165, 1.54) is 0 Å². The molecule has 0 saturated carbocycles. The first-order valence-corrected chi connectivity index (χ1v) is 4.94. The molecule has 0 aliphatic rings. The number of rotatable bonds is 1. The molecule has 0 N–H and O–H groups in total. The SMILES string of the molecule is c1cc2sc(-n3ccnc3)nc2cn1. The van der Waals surface area contributed by atoms with Crippen molar-refractivity contribution in [1.82, 2.24) is 19.5 Å². The number of nitrogens with zero attached hydrogens (tertiary/aromatic N) is 4. The summed E-state index contributed by atoms with van der Waals surface area (Å²) in [5, 5.41) is 0.922. The van der Waals surface area contributed by atoms with Crippen LogP contribution in [0.4, 0.5) is 0 Å². The van der Waals surface area contributed by atoms with Gasteiger partial charge in [0, 0.05) is 18.6 Å². The van der Waals surface area contributed by atoms with Crippen molar-refractivity contribution in [2.75, 3.05) is 0 Å². The van der Waals surface area contributed by atoms with Crippen LogP contribution in [0.15, 0.2) is 37.2 Å². The van der Waals surface area contributed by atoms with E-state index in [1.807, 2.05) is 16.8 Å². The summed E-state index contributed by atoms with van der Waals surface area (Å²) in [6.07, 6.45) is 8.91. The number of hydrogen-bond acceptors (Lipinski definition) is 4. The van der Waals surface area contributed by atoms with E-state index in [2.05, 4.69) is 15.0 Å². The molecule has 4 nitrogen and oxygen atoms in total. The fourth-order valence-corrected chi connectivity index (χ4v) is 2.14. The molecule has 3 heterocycles. The lowest BCUT2D eigenvalue weighted by Crippen LogP contribution is -1.86. The summed E-state index contributed by atoms with van der Waals surface area (Å²) < 4.78 is 3.04. The second kappa shape index (κ2) is 2.88. The van der Waals surface area contributed by atoms with E-state index in [0.717, 1.165) is 15.3 Å². The van der Waals surface area contributed by atoms with E-state index in [1.54, 1.807) is 36.3 Å². The predicted molar refractivity (Wildman–Crippen MR) is 54.5 cm³/mol. The Hall–Kier alpha value is -1.75. The molecule has 0 unspecified atom stereocenters. The van der Waals surface area contributed by atoms with Crippen LogP contribution >= 0.6 is 11.3 Å². The Morgan fingerprint density at radius 1 is 1.21 bits per heavy atom. The highest BCUT2D eigenvalue weighted by atomic mass is 32.1. The number of imidazole rings is 1. The largest absolute Gasteiger partial charge is 0.282 e. The average Bonchev–Trinajstić information content (AvgIpc) is 2.86. The molecule has 3 aromatic rings. The number of pyridine rings is 1. The maximum absolute atomic E-state index is 4.43. The molecule has 0 aromatic carbocycles. The molecule has 3 rings (SSSR count). The highest BCUT2D eigenvalue weighted by Crippen LogP contribution is 2.23. The second-order valence-corrected chi connectivity index (χ2v) is 3.82. The molecule has 0 radical (unpaired) electrons. The summed E-state index contributed by atoms with van der Waals surface area (Å²) in [7, 11) is 0. The van der Waals surface area contributed by atoms with Crippen molar-refractivity contribution < 1.29 is 0 Å². The third-order valence-corrected chi connectivity index (χ3v) is 2.95. The Morgan fingerprint density at radius 3 is 3.00 bits per heavy atom. The van der Waals surface area contributed by atoms with Gasteiger partial charge in [-0.05, 0) is 6.07 Å². The van der Waals surface area contributed by atoms with E-state index in [-0.39, 0.29) is 0 Å². The lowest BCUT2D eigenvalue weighted by atomic mass is 10.5. The standard InChI is InChI=1S/C9H6N4S/c1-2-10-5-7-8(1)14-9(12-7)13-4-3-11-6-13/h1-6H. The molecule has 0 saturated heterocycles. The minimum Gasteiger partial charge on any atom is -0.282 e. The lowest BCUT2D eigenvalue weighted by molar-refractivity contribution is 1.04. The molecular formula is C9H6N4S. The second-order valence-electron chi connectivity index (χ2n) is 2.81. The van der Waals surface area contributed by atoms with E-state index >= 15 is 0 Å². The summed E-state index contributed by atoms with van der Waals surface area (Å²) >= 11 is 1.63. The quantitative estimate of drug-likeness (QED) is 0.605. The Balaban J connectivity index is 2.24. The Bertz CT molecular complexity index is 522. The van der Waals surface area contributed by atoms with Crippen LogP contribution in [0.2, 0.25) is 0 Å². The number of hydrogen-bond donors (Lipinski definition) is 0. The van der Waals surface area contributed by atoms with Crippen molar-refractivity contribution in [1.29, 1.82) is 0 Å². The Labute approximate surface area is 83.9 Å². The van der Waals surface area contributed by atoms with Crippen molar-refractivity contribution in [2.45, 2.75) is 0 Å². The fraction of sp³-hybridized carbons (Fsp3) is 0. The van der Waals surface area contributed by atoms with Gasteiger partial charge >= 0.3 is 0 Å². The number of thiazole rings is 1. The van der Waals surface area contributed by atoms with Gasteiger partial charge in [0.15, 0.2) is 5.13 Å². The van der Waals surface area contributed by atoms with Gasteiger partial charge in [-0.3, -0.25) is 9.55 Å². The van der Waals surface area contributed by atoms with Gasteiger partial charge in [0.05, 0.1) is 10.9 Å². The van der Waals surface area contributed by atoms with Gasteiger partial charge in [0.1, 0.15) is 11.8 Å². The third kappa shape index (κ3) is 1.10. The van der Waals surface area contributed by atoms with Crippen molar-refractivity contribution in [3.63, 3.8) is 0 Å². The first-order chi connectivity index (χ1) is 6.93.